The Bertz CT molecular complexity index is 559. The summed E-state index contributed by atoms with van der Waals surface area (Å²) in [6.45, 7) is 0.134. The molecule has 0 unspecified atom stereocenters. The monoisotopic (exact) mass is 280 g/mol. The van der Waals surface area contributed by atoms with E-state index in [1.807, 2.05) is 24.3 Å². The van der Waals surface area contributed by atoms with Crippen LogP contribution >= 0.6 is 0 Å². The fourth-order valence-electron chi connectivity index (χ4n) is 2.02. The second-order valence-electron chi connectivity index (χ2n) is 4.60. The van der Waals surface area contributed by atoms with Gasteiger partial charge in [-0.1, -0.05) is 36.4 Å². The summed E-state index contributed by atoms with van der Waals surface area (Å²) in [7, 11) is 0. The molecule has 0 spiro atoms. The van der Waals surface area contributed by atoms with Crippen molar-refractivity contribution in [3.63, 3.8) is 0 Å². The highest BCUT2D eigenvalue weighted by Gasteiger charge is 2.30. The molecule has 1 N–H and O–H groups in total. The first-order valence-electron chi connectivity index (χ1n) is 6.38. The summed E-state index contributed by atoms with van der Waals surface area (Å²) in [6, 6.07) is 12.7. The van der Waals surface area contributed by atoms with Crippen LogP contribution in [0, 0.1) is 0 Å². The lowest BCUT2D eigenvalue weighted by Crippen LogP contribution is -2.04. The van der Waals surface area contributed by atoms with E-state index in [4.69, 9.17) is 5.11 Å². The summed E-state index contributed by atoms with van der Waals surface area (Å²) >= 11 is 0. The summed E-state index contributed by atoms with van der Waals surface area (Å²) in [6.07, 6.45) is -2.88. The van der Waals surface area contributed by atoms with Gasteiger partial charge in [-0.2, -0.15) is 13.2 Å². The molecule has 1 nitrogen and oxygen atoms in total. The van der Waals surface area contributed by atoms with Crippen molar-refractivity contribution in [2.45, 2.75) is 19.0 Å². The molecular formula is C16H15F3O. The molecule has 0 saturated heterocycles. The zero-order chi connectivity index (χ0) is 14.6. The second-order valence-corrected chi connectivity index (χ2v) is 4.60. The van der Waals surface area contributed by atoms with Crippen molar-refractivity contribution in [1.82, 2.24) is 0 Å². The standard InChI is InChI=1S/C16H15F3O/c17-16(18,19)15-5-1-4-14(11-15)13-8-6-12(7-9-13)3-2-10-20/h1,4-9,11,20H,2-3,10H2. The molecular weight excluding hydrogens is 265 g/mol. The Hall–Kier alpha value is -1.81. The molecule has 20 heavy (non-hydrogen) atoms. The molecule has 0 aliphatic carbocycles. The Kier molecular flexibility index (Phi) is 4.45. The van der Waals surface area contributed by atoms with Crippen molar-refractivity contribution < 1.29 is 18.3 Å². The van der Waals surface area contributed by atoms with Gasteiger partial charge in [-0.15, -0.1) is 0 Å². The predicted molar refractivity (Wildman–Crippen MR) is 72.3 cm³/mol. The first-order chi connectivity index (χ1) is 9.50. The molecule has 0 amide bonds. The van der Waals surface area contributed by atoms with Crippen LogP contribution in [0.4, 0.5) is 13.2 Å². The third-order valence-corrected chi connectivity index (χ3v) is 3.10. The van der Waals surface area contributed by atoms with Crippen LogP contribution in [0.2, 0.25) is 0 Å². The summed E-state index contributed by atoms with van der Waals surface area (Å²) in [5.41, 5.74) is 1.73. The first-order valence-corrected chi connectivity index (χ1v) is 6.38. The van der Waals surface area contributed by atoms with Crippen LogP contribution < -0.4 is 0 Å². The van der Waals surface area contributed by atoms with Gasteiger partial charge >= 0.3 is 6.18 Å². The summed E-state index contributed by atoms with van der Waals surface area (Å²) in [5, 5.41) is 8.76. The summed E-state index contributed by atoms with van der Waals surface area (Å²) < 4.78 is 38.0. The van der Waals surface area contributed by atoms with E-state index in [0.29, 0.717) is 12.0 Å². The molecule has 0 aromatic heterocycles. The molecule has 106 valence electrons. The van der Waals surface area contributed by atoms with E-state index >= 15 is 0 Å². The molecule has 4 heteroatoms. The number of hydrogen-bond acceptors (Lipinski definition) is 1. The van der Waals surface area contributed by atoms with E-state index in [9.17, 15) is 13.2 Å². The minimum atomic E-state index is -4.32. The minimum absolute atomic E-state index is 0.134. The number of aryl methyl sites for hydroxylation is 1. The van der Waals surface area contributed by atoms with Gasteiger partial charge in [0.1, 0.15) is 0 Å². The number of aliphatic hydroxyl groups excluding tert-OH is 1. The van der Waals surface area contributed by atoms with E-state index in [-0.39, 0.29) is 6.61 Å². The van der Waals surface area contributed by atoms with Crippen molar-refractivity contribution in [1.29, 1.82) is 0 Å². The highest BCUT2D eigenvalue weighted by Crippen LogP contribution is 2.32. The maximum absolute atomic E-state index is 12.7. The lowest BCUT2D eigenvalue weighted by molar-refractivity contribution is -0.137. The maximum atomic E-state index is 12.7. The van der Waals surface area contributed by atoms with Crippen molar-refractivity contribution in [3.8, 4) is 11.1 Å². The normalized spacial score (nSPS) is 11.6. The van der Waals surface area contributed by atoms with Gasteiger partial charge in [0.2, 0.25) is 0 Å². The zero-order valence-corrected chi connectivity index (χ0v) is 10.8. The topological polar surface area (TPSA) is 20.2 Å². The number of hydrogen-bond donors (Lipinski definition) is 1. The number of benzene rings is 2. The van der Waals surface area contributed by atoms with Crippen LogP contribution in [0.5, 0.6) is 0 Å². The van der Waals surface area contributed by atoms with E-state index in [2.05, 4.69) is 0 Å². The highest BCUT2D eigenvalue weighted by molar-refractivity contribution is 5.64. The van der Waals surface area contributed by atoms with Crippen LogP contribution in [0.1, 0.15) is 17.5 Å². The van der Waals surface area contributed by atoms with Crippen LogP contribution in [-0.4, -0.2) is 11.7 Å². The summed E-state index contributed by atoms with van der Waals surface area (Å²) in [5.74, 6) is 0. The number of rotatable bonds is 4. The van der Waals surface area contributed by atoms with E-state index in [0.717, 1.165) is 29.7 Å². The first kappa shape index (κ1) is 14.6. The lowest BCUT2D eigenvalue weighted by atomic mass is 10.0. The smallest absolute Gasteiger partial charge is 0.396 e. The van der Waals surface area contributed by atoms with Gasteiger partial charge in [0.15, 0.2) is 0 Å². The van der Waals surface area contributed by atoms with Gasteiger partial charge in [-0.05, 0) is 41.7 Å². The molecule has 0 radical (unpaired) electrons. The van der Waals surface area contributed by atoms with Crippen LogP contribution in [0.3, 0.4) is 0 Å². The van der Waals surface area contributed by atoms with Crippen molar-refractivity contribution in [3.05, 3.63) is 59.7 Å². The minimum Gasteiger partial charge on any atom is -0.396 e. The second kappa shape index (κ2) is 6.09. The van der Waals surface area contributed by atoms with Gasteiger partial charge in [-0.25, -0.2) is 0 Å². The average molecular weight is 280 g/mol. The molecule has 0 atom stereocenters. The molecule has 0 aliphatic heterocycles. The van der Waals surface area contributed by atoms with Gasteiger partial charge < -0.3 is 5.11 Å². The highest BCUT2D eigenvalue weighted by atomic mass is 19.4. The van der Waals surface area contributed by atoms with E-state index < -0.39 is 11.7 Å². The number of halogens is 3. The largest absolute Gasteiger partial charge is 0.416 e. The molecule has 0 saturated carbocycles. The third kappa shape index (κ3) is 3.61. The predicted octanol–water partition coefficient (Wildman–Crippen LogP) is 4.30. The molecule has 0 heterocycles. The van der Waals surface area contributed by atoms with Gasteiger partial charge in [0, 0.05) is 6.61 Å². The van der Waals surface area contributed by atoms with Gasteiger partial charge in [0.25, 0.3) is 0 Å². The Labute approximate surface area is 115 Å². The Morgan fingerprint density at radius 3 is 2.20 bits per heavy atom. The molecule has 0 fully saturated rings. The van der Waals surface area contributed by atoms with Crippen LogP contribution in [-0.2, 0) is 12.6 Å². The van der Waals surface area contributed by atoms with Gasteiger partial charge in [-0.3, -0.25) is 0 Å². The fraction of sp³-hybridized carbons (Fsp3) is 0.250. The lowest BCUT2D eigenvalue weighted by Gasteiger charge is -2.09. The zero-order valence-electron chi connectivity index (χ0n) is 10.8. The van der Waals surface area contributed by atoms with Crippen molar-refractivity contribution in [2.75, 3.05) is 6.61 Å². The Balaban J connectivity index is 2.23. The van der Waals surface area contributed by atoms with E-state index in [1.54, 1.807) is 6.07 Å². The molecule has 0 aliphatic rings. The number of aliphatic hydroxyl groups is 1. The van der Waals surface area contributed by atoms with Crippen molar-refractivity contribution in [2.24, 2.45) is 0 Å². The van der Waals surface area contributed by atoms with Gasteiger partial charge in [0.05, 0.1) is 5.56 Å². The van der Waals surface area contributed by atoms with Crippen LogP contribution in [0.25, 0.3) is 11.1 Å². The van der Waals surface area contributed by atoms with Crippen LogP contribution in [0.15, 0.2) is 48.5 Å². The molecule has 0 bridgehead atoms. The average Bonchev–Trinajstić information content (AvgIpc) is 2.45. The maximum Gasteiger partial charge on any atom is 0.416 e. The molecule has 2 rings (SSSR count). The molecule has 2 aromatic rings. The van der Waals surface area contributed by atoms with Crippen molar-refractivity contribution >= 4 is 0 Å². The number of alkyl halides is 3. The Morgan fingerprint density at radius 1 is 0.900 bits per heavy atom. The molecule has 2 aromatic carbocycles. The summed E-state index contributed by atoms with van der Waals surface area (Å²) in [4.78, 5) is 0. The fourth-order valence-corrected chi connectivity index (χ4v) is 2.02. The Morgan fingerprint density at radius 2 is 1.60 bits per heavy atom. The third-order valence-electron chi connectivity index (χ3n) is 3.10. The quantitative estimate of drug-likeness (QED) is 0.885. The van der Waals surface area contributed by atoms with E-state index in [1.165, 1.54) is 6.07 Å². The SMILES string of the molecule is OCCCc1ccc(-c2cccc(C(F)(F)F)c2)cc1.